The zero-order valence-electron chi connectivity index (χ0n) is 32.3. The second kappa shape index (κ2) is 12.7. The Morgan fingerprint density at radius 3 is 1.97 bits per heavy atom. The summed E-state index contributed by atoms with van der Waals surface area (Å²) in [6, 6.07) is 73.9. The quantitative estimate of drug-likeness (QED) is 0.179. The van der Waals surface area contributed by atoms with Crippen LogP contribution in [0.4, 0.5) is 17.1 Å². The van der Waals surface area contributed by atoms with Crippen LogP contribution in [-0.2, 0) is 0 Å². The summed E-state index contributed by atoms with van der Waals surface area (Å²) in [5, 5.41) is 9.53. The van der Waals surface area contributed by atoms with Crippen molar-refractivity contribution < 1.29 is 9.15 Å². The minimum absolute atomic E-state index is 0.822. The molecule has 4 heteroatoms. The van der Waals surface area contributed by atoms with Gasteiger partial charge in [0.2, 0.25) is 0 Å². The Bertz CT molecular complexity index is 3700. The molecule has 0 atom stereocenters. The average molecular weight is 767 g/mol. The van der Waals surface area contributed by atoms with Gasteiger partial charge in [0.25, 0.3) is 0 Å². The van der Waals surface area contributed by atoms with Gasteiger partial charge in [0, 0.05) is 32.9 Å². The molecule has 1 aliphatic heterocycles. The van der Waals surface area contributed by atoms with Gasteiger partial charge in [-0.3, -0.25) is 0 Å². The summed E-state index contributed by atoms with van der Waals surface area (Å²) < 4.78 is 15.3. The minimum Gasteiger partial charge on any atom is -0.456 e. The third-order valence-electron chi connectivity index (χ3n) is 12.3. The minimum atomic E-state index is 0.822. The van der Waals surface area contributed by atoms with Crippen LogP contribution in [0.3, 0.4) is 0 Å². The Kier molecular flexibility index (Phi) is 6.98. The molecule has 280 valence electrons. The molecule has 13 rings (SSSR count). The third kappa shape index (κ3) is 4.98. The fourth-order valence-corrected chi connectivity index (χ4v) is 9.51. The van der Waals surface area contributed by atoms with Crippen molar-refractivity contribution in [2.75, 3.05) is 4.90 Å². The second-order valence-corrected chi connectivity index (χ2v) is 15.7. The Morgan fingerprint density at radius 2 is 1.03 bits per heavy atom. The topological polar surface area (TPSA) is 30.5 Å². The highest BCUT2D eigenvalue weighted by atomic mass is 16.5. The summed E-state index contributed by atoms with van der Waals surface area (Å²) in [5.41, 5.74) is 13.0. The molecule has 3 heterocycles. The number of fused-ring (bicyclic) bond motifs is 10. The molecule has 0 radical (unpaired) electrons. The van der Waals surface area contributed by atoms with Crippen molar-refractivity contribution in [3.63, 3.8) is 0 Å². The summed E-state index contributed by atoms with van der Waals surface area (Å²) in [6.45, 7) is 0. The Labute approximate surface area is 345 Å². The lowest BCUT2D eigenvalue weighted by Gasteiger charge is -2.33. The molecule has 2 aromatic heterocycles. The number of furan rings is 1. The van der Waals surface area contributed by atoms with Crippen LogP contribution in [0.2, 0.25) is 0 Å². The predicted molar refractivity (Wildman–Crippen MR) is 249 cm³/mol. The van der Waals surface area contributed by atoms with E-state index in [1.54, 1.807) is 0 Å². The SMILES string of the molecule is c1ccc2c(c1)Oc1cc(-c3ccc4c(c3)c3ccccc3n4-c3ccc4cc5oc6ccccc6c5cc4c3)ccc1N2c1ccc(-c2cccc3ccccc23)cc1. The maximum absolute atomic E-state index is 6.68. The number of benzene rings is 10. The summed E-state index contributed by atoms with van der Waals surface area (Å²) in [4.78, 5) is 2.31. The number of rotatable bonds is 4. The van der Waals surface area contributed by atoms with Gasteiger partial charge in [0.15, 0.2) is 11.5 Å². The average Bonchev–Trinajstić information content (AvgIpc) is 3.84. The normalized spacial score (nSPS) is 12.4. The lowest BCUT2D eigenvalue weighted by molar-refractivity contribution is 0.477. The van der Waals surface area contributed by atoms with E-state index < -0.39 is 0 Å². The smallest absolute Gasteiger partial charge is 0.152 e. The highest BCUT2D eigenvalue weighted by Crippen LogP contribution is 2.51. The Hall–Kier alpha value is -8.08. The first-order chi connectivity index (χ1) is 29.7. The maximum Gasteiger partial charge on any atom is 0.152 e. The van der Waals surface area contributed by atoms with Crippen LogP contribution in [0.1, 0.15) is 0 Å². The van der Waals surface area contributed by atoms with E-state index in [1.807, 2.05) is 18.2 Å². The molecular formula is C56H34N2O2. The number of hydrogen-bond acceptors (Lipinski definition) is 3. The highest BCUT2D eigenvalue weighted by molar-refractivity contribution is 6.12. The lowest BCUT2D eigenvalue weighted by atomic mass is 9.98. The maximum atomic E-state index is 6.68. The molecule has 0 N–H and O–H groups in total. The van der Waals surface area contributed by atoms with E-state index in [-0.39, 0.29) is 0 Å². The van der Waals surface area contributed by atoms with Gasteiger partial charge in [-0.2, -0.15) is 0 Å². The van der Waals surface area contributed by atoms with E-state index >= 15 is 0 Å². The van der Waals surface area contributed by atoms with Gasteiger partial charge in [-0.05, 0) is 129 Å². The van der Waals surface area contributed by atoms with Gasteiger partial charge in [-0.25, -0.2) is 0 Å². The molecule has 4 nitrogen and oxygen atoms in total. The first-order valence-corrected chi connectivity index (χ1v) is 20.4. The van der Waals surface area contributed by atoms with Gasteiger partial charge in [-0.1, -0.05) is 121 Å². The Balaban J connectivity index is 0.898. The summed E-state index contributed by atoms with van der Waals surface area (Å²) in [5.74, 6) is 1.65. The van der Waals surface area contributed by atoms with Crippen LogP contribution in [-0.4, -0.2) is 4.57 Å². The molecule has 12 aromatic rings. The van der Waals surface area contributed by atoms with E-state index in [0.717, 1.165) is 78.2 Å². The van der Waals surface area contributed by atoms with Gasteiger partial charge in [0.05, 0.1) is 22.4 Å². The van der Waals surface area contributed by atoms with Crippen molar-refractivity contribution >= 4 is 82.4 Å². The first-order valence-electron chi connectivity index (χ1n) is 20.4. The molecule has 1 aliphatic rings. The summed E-state index contributed by atoms with van der Waals surface area (Å²) in [7, 11) is 0. The molecule has 0 bridgehead atoms. The molecule has 0 spiro atoms. The third-order valence-corrected chi connectivity index (χ3v) is 12.3. The molecule has 0 unspecified atom stereocenters. The fourth-order valence-electron chi connectivity index (χ4n) is 9.51. The monoisotopic (exact) mass is 766 g/mol. The number of hydrogen-bond donors (Lipinski definition) is 0. The van der Waals surface area contributed by atoms with Gasteiger partial charge in [-0.15, -0.1) is 0 Å². The van der Waals surface area contributed by atoms with Gasteiger partial charge < -0.3 is 18.6 Å². The largest absolute Gasteiger partial charge is 0.456 e. The van der Waals surface area contributed by atoms with E-state index in [4.69, 9.17) is 9.15 Å². The van der Waals surface area contributed by atoms with Crippen LogP contribution in [0.5, 0.6) is 11.5 Å². The van der Waals surface area contributed by atoms with E-state index in [1.165, 1.54) is 43.6 Å². The van der Waals surface area contributed by atoms with E-state index in [2.05, 4.69) is 198 Å². The van der Waals surface area contributed by atoms with Crippen LogP contribution < -0.4 is 9.64 Å². The summed E-state index contributed by atoms with van der Waals surface area (Å²) >= 11 is 0. The van der Waals surface area contributed by atoms with Crippen LogP contribution in [0, 0.1) is 0 Å². The lowest BCUT2D eigenvalue weighted by Crippen LogP contribution is -2.15. The first kappa shape index (κ1) is 32.9. The zero-order valence-corrected chi connectivity index (χ0v) is 32.3. The molecular weight excluding hydrogens is 733 g/mol. The van der Waals surface area contributed by atoms with Crippen molar-refractivity contribution in [2.24, 2.45) is 0 Å². The summed E-state index contributed by atoms with van der Waals surface area (Å²) in [6.07, 6.45) is 0. The number of ether oxygens (including phenoxy) is 1. The molecule has 0 saturated carbocycles. The van der Waals surface area contributed by atoms with Crippen molar-refractivity contribution in [3.8, 4) is 39.4 Å². The van der Waals surface area contributed by atoms with Crippen LogP contribution in [0.15, 0.2) is 211 Å². The second-order valence-electron chi connectivity index (χ2n) is 15.7. The molecule has 10 aromatic carbocycles. The standard InChI is InChI=1S/C56H34N2O2/c1-2-12-43-35(10-1)11-9-15-44(43)36-20-25-41(26-21-36)57-51-17-6-8-19-54(51)60-56-34-38(24-29-52(56)57)37-23-28-50-47(31-37)45-13-3-5-16-49(45)58(50)42-27-22-39-33-55-48(32-40(39)30-42)46-14-4-7-18-53(46)59-55/h1-34H. The number of aromatic nitrogens is 1. The molecule has 0 fully saturated rings. The van der Waals surface area contributed by atoms with Crippen molar-refractivity contribution in [2.45, 2.75) is 0 Å². The van der Waals surface area contributed by atoms with Crippen LogP contribution >= 0.6 is 0 Å². The van der Waals surface area contributed by atoms with Crippen molar-refractivity contribution in [1.82, 2.24) is 4.57 Å². The highest BCUT2D eigenvalue weighted by Gasteiger charge is 2.26. The number of nitrogens with zero attached hydrogens (tertiary/aromatic N) is 2. The molecule has 0 aliphatic carbocycles. The van der Waals surface area contributed by atoms with Gasteiger partial charge in [0.1, 0.15) is 11.2 Å². The molecule has 0 amide bonds. The van der Waals surface area contributed by atoms with Gasteiger partial charge >= 0.3 is 0 Å². The molecule has 0 saturated heterocycles. The van der Waals surface area contributed by atoms with Crippen molar-refractivity contribution in [1.29, 1.82) is 0 Å². The zero-order chi connectivity index (χ0) is 39.3. The fraction of sp³-hybridized carbons (Fsp3) is 0. The van der Waals surface area contributed by atoms with Crippen molar-refractivity contribution in [3.05, 3.63) is 206 Å². The predicted octanol–water partition coefficient (Wildman–Crippen LogP) is 15.9. The number of anilines is 3. The van der Waals surface area contributed by atoms with Crippen LogP contribution in [0.25, 0.3) is 93.2 Å². The Morgan fingerprint density at radius 1 is 0.333 bits per heavy atom. The van der Waals surface area contributed by atoms with E-state index in [0.29, 0.717) is 0 Å². The molecule has 60 heavy (non-hydrogen) atoms. The number of para-hydroxylation sites is 4. The van der Waals surface area contributed by atoms with E-state index in [9.17, 15) is 0 Å².